The third-order valence-electron chi connectivity index (χ3n) is 4.32. The third kappa shape index (κ3) is 4.85. The average molecular weight is 367 g/mol. The monoisotopic (exact) mass is 367 g/mol. The summed E-state index contributed by atoms with van der Waals surface area (Å²) < 4.78 is 10.9. The summed E-state index contributed by atoms with van der Waals surface area (Å²) >= 11 is 0. The van der Waals surface area contributed by atoms with Crippen LogP contribution in [0.4, 0.5) is 4.79 Å². The number of nitrogens with zero attached hydrogens (tertiary/aromatic N) is 4. The highest BCUT2D eigenvalue weighted by Gasteiger charge is 2.26. The molecule has 8 nitrogen and oxygen atoms in total. The third-order valence-corrected chi connectivity index (χ3v) is 4.32. The van der Waals surface area contributed by atoms with Gasteiger partial charge in [0.15, 0.2) is 0 Å². The normalized spacial score (nSPS) is 16.3. The molecule has 0 unspecified atom stereocenters. The zero-order valence-electron chi connectivity index (χ0n) is 15.1. The molecule has 1 aromatic carbocycles. The summed E-state index contributed by atoms with van der Waals surface area (Å²) in [5.74, 6) is 0.993. The number of amides is 2. The lowest BCUT2D eigenvalue weighted by Gasteiger charge is -2.32. The van der Waals surface area contributed by atoms with Gasteiger partial charge in [0, 0.05) is 25.5 Å². The maximum atomic E-state index is 12.5. The van der Waals surface area contributed by atoms with Gasteiger partial charge in [0.25, 0.3) is 5.88 Å². The molecular weight excluding hydrogens is 346 g/mol. The highest BCUT2D eigenvalue weighted by Crippen LogP contribution is 2.19. The Hall–Kier alpha value is -3.34. The lowest BCUT2D eigenvalue weighted by Crippen LogP contribution is -2.48. The van der Waals surface area contributed by atoms with Crippen LogP contribution in [-0.2, 0) is 6.54 Å². The predicted molar refractivity (Wildman–Crippen MR) is 97.2 cm³/mol. The summed E-state index contributed by atoms with van der Waals surface area (Å²) in [4.78, 5) is 22.2. The van der Waals surface area contributed by atoms with Gasteiger partial charge in [-0.15, -0.1) is 0 Å². The molecule has 2 heterocycles. The smallest absolute Gasteiger partial charge is 0.317 e. The molecule has 1 saturated heterocycles. The zero-order valence-corrected chi connectivity index (χ0v) is 15.1. The molecule has 8 heteroatoms. The van der Waals surface area contributed by atoms with Crippen LogP contribution < -0.4 is 14.8 Å². The number of hydrogen-bond acceptors (Lipinski definition) is 6. The molecule has 140 valence electrons. The van der Waals surface area contributed by atoms with Crippen molar-refractivity contribution in [2.24, 2.45) is 0 Å². The van der Waals surface area contributed by atoms with Gasteiger partial charge in [0.1, 0.15) is 17.9 Å². The number of rotatable bonds is 5. The molecule has 0 spiro atoms. The second-order valence-corrected chi connectivity index (χ2v) is 6.16. The molecule has 3 rings (SSSR count). The van der Waals surface area contributed by atoms with Crippen molar-refractivity contribution in [3.63, 3.8) is 0 Å². The van der Waals surface area contributed by atoms with E-state index in [0.29, 0.717) is 19.6 Å². The number of aromatic nitrogens is 2. The fourth-order valence-electron chi connectivity index (χ4n) is 2.90. The van der Waals surface area contributed by atoms with Gasteiger partial charge in [-0.1, -0.05) is 12.1 Å². The molecule has 2 amide bonds. The number of piperidine rings is 1. The fraction of sp³-hybridized carbons (Fsp3) is 0.368. The van der Waals surface area contributed by atoms with Gasteiger partial charge in [-0.05, 0) is 30.5 Å². The highest BCUT2D eigenvalue weighted by molar-refractivity contribution is 5.74. The van der Waals surface area contributed by atoms with E-state index in [2.05, 4.69) is 15.3 Å². The first-order chi connectivity index (χ1) is 13.2. The molecule has 1 atom stereocenters. The molecule has 0 radical (unpaired) electrons. The highest BCUT2D eigenvalue weighted by atomic mass is 16.5. The Morgan fingerprint density at radius 3 is 2.85 bits per heavy atom. The Bertz CT molecular complexity index is 819. The topological polar surface area (TPSA) is 100 Å². The fourth-order valence-corrected chi connectivity index (χ4v) is 2.90. The number of methoxy groups -OCH3 is 1. The summed E-state index contributed by atoms with van der Waals surface area (Å²) in [5, 5.41) is 12.0. The number of ether oxygens (including phenoxy) is 2. The van der Waals surface area contributed by atoms with Gasteiger partial charge in [0.05, 0.1) is 13.7 Å². The number of benzene rings is 1. The number of likely N-dealkylation sites (tertiary alicyclic amines) is 1. The Morgan fingerprint density at radius 2 is 2.11 bits per heavy atom. The van der Waals surface area contributed by atoms with Gasteiger partial charge in [-0.25, -0.2) is 14.8 Å². The summed E-state index contributed by atoms with van der Waals surface area (Å²) in [5.41, 5.74) is 1.14. The summed E-state index contributed by atoms with van der Waals surface area (Å²) in [6, 6.07) is 9.38. The summed E-state index contributed by atoms with van der Waals surface area (Å²) in [6.07, 6.45) is 4.34. The largest absolute Gasteiger partial charge is 0.497 e. The first-order valence-electron chi connectivity index (χ1n) is 8.73. The van der Waals surface area contributed by atoms with Gasteiger partial charge >= 0.3 is 6.03 Å². The Labute approximate surface area is 157 Å². The summed E-state index contributed by atoms with van der Waals surface area (Å²) in [6.45, 7) is 1.55. The predicted octanol–water partition coefficient (Wildman–Crippen LogP) is 2.11. The van der Waals surface area contributed by atoms with E-state index in [-0.39, 0.29) is 23.7 Å². The summed E-state index contributed by atoms with van der Waals surface area (Å²) in [7, 11) is 1.62. The maximum absolute atomic E-state index is 12.5. The lowest BCUT2D eigenvalue weighted by molar-refractivity contribution is 0.0971. The molecule has 27 heavy (non-hydrogen) atoms. The van der Waals surface area contributed by atoms with Crippen molar-refractivity contribution < 1.29 is 14.3 Å². The van der Waals surface area contributed by atoms with Gasteiger partial charge < -0.3 is 19.7 Å². The molecule has 1 aliphatic rings. The molecular formula is C19H21N5O3. The van der Waals surface area contributed by atoms with E-state index in [1.807, 2.05) is 30.3 Å². The van der Waals surface area contributed by atoms with Crippen molar-refractivity contribution in [2.45, 2.75) is 25.5 Å². The minimum atomic E-state index is -0.214. The zero-order chi connectivity index (χ0) is 19.1. The Morgan fingerprint density at radius 1 is 1.33 bits per heavy atom. The standard InChI is InChI=1S/C19H21N5O3/c1-26-15-6-4-14(5-7-15)12-23-19(25)24-10-2-3-16(13-24)27-18-17(11-20)21-8-9-22-18/h4-9,16H,2-3,10,12-13H2,1H3,(H,23,25)/t16-/m1/s1. The van der Waals surface area contributed by atoms with Crippen molar-refractivity contribution in [1.29, 1.82) is 5.26 Å². The molecule has 0 saturated carbocycles. The molecule has 1 aromatic heterocycles. The number of nitrogens with one attached hydrogen (secondary N) is 1. The quantitative estimate of drug-likeness (QED) is 0.869. The number of nitriles is 1. The van der Waals surface area contributed by atoms with Gasteiger partial charge in [-0.2, -0.15) is 5.26 Å². The van der Waals surface area contributed by atoms with Crippen molar-refractivity contribution >= 4 is 6.03 Å². The lowest BCUT2D eigenvalue weighted by atomic mass is 10.1. The Balaban J connectivity index is 1.53. The van der Waals surface area contributed by atoms with Crippen LogP contribution in [0.25, 0.3) is 0 Å². The SMILES string of the molecule is COc1ccc(CNC(=O)N2CCC[C@@H](Oc3nccnc3C#N)C2)cc1. The van der Waals surface area contributed by atoms with E-state index < -0.39 is 0 Å². The minimum Gasteiger partial charge on any atom is -0.497 e. The average Bonchev–Trinajstić information content (AvgIpc) is 2.73. The second-order valence-electron chi connectivity index (χ2n) is 6.16. The van der Waals surface area contributed by atoms with Crippen LogP contribution in [-0.4, -0.2) is 47.2 Å². The van der Waals surface area contributed by atoms with E-state index >= 15 is 0 Å². The molecule has 0 bridgehead atoms. The number of urea groups is 1. The van der Waals surface area contributed by atoms with Crippen LogP contribution in [0.5, 0.6) is 11.6 Å². The molecule has 2 aromatic rings. The van der Waals surface area contributed by atoms with Crippen LogP contribution in [0.3, 0.4) is 0 Å². The van der Waals surface area contributed by atoms with E-state index in [1.165, 1.54) is 12.4 Å². The minimum absolute atomic E-state index is 0.140. The van der Waals surface area contributed by atoms with Gasteiger partial charge in [-0.3, -0.25) is 0 Å². The van der Waals surface area contributed by atoms with E-state index in [0.717, 1.165) is 24.2 Å². The van der Waals surface area contributed by atoms with Crippen LogP contribution in [0.2, 0.25) is 0 Å². The van der Waals surface area contributed by atoms with Crippen LogP contribution in [0.1, 0.15) is 24.1 Å². The number of carbonyl (C=O) groups excluding carboxylic acids is 1. The van der Waals surface area contributed by atoms with Crippen LogP contribution in [0, 0.1) is 11.3 Å². The van der Waals surface area contributed by atoms with Crippen molar-refractivity contribution in [2.75, 3.05) is 20.2 Å². The number of carbonyl (C=O) groups is 1. The van der Waals surface area contributed by atoms with Crippen LogP contribution in [0.15, 0.2) is 36.7 Å². The molecule has 1 fully saturated rings. The molecule has 0 aliphatic carbocycles. The van der Waals surface area contributed by atoms with Crippen LogP contribution >= 0.6 is 0 Å². The van der Waals surface area contributed by atoms with E-state index in [1.54, 1.807) is 12.0 Å². The molecule has 1 N–H and O–H groups in total. The first kappa shape index (κ1) is 18.5. The Kier molecular flexibility index (Phi) is 6.05. The van der Waals surface area contributed by atoms with E-state index in [4.69, 9.17) is 14.7 Å². The van der Waals surface area contributed by atoms with E-state index in [9.17, 15) is 4.79 Å². The van der Waals surface area contributed by atoms with Crippen molar-refractivity contribution in [1.82, 2.24) is 20.2 Å². The second kappa shape index (κ2) is 8.85. The molecule has 1 aliphatic heterocycles. The van der Waals surface area contributed by atoms with Gasteiger partial charge in [0.2, 0.25) is 5.69 Å². The van der Waals surface area contributed by atoms with Crippen molar-refractivity contribution in [3.05, 3.63) is 47.9 Å². The van der Waals surface area contributed by atoms with Crippen molar-refractivity contribution in [3.8, 4) is 17.7 Å². The first-order valence-corrected chi connectivity index (χ1v) is 8.73. The number of hydrogen-bond donors (Lipinski definition) is 1. The maximum Gasteiger partial charge on any atom is 0.317 e.